The number of amides is 2. The first kappa shape index (κ1) is 33.2. The topological polar surface area (TPSA) is 86.8 Å². The summed E-state index contributed by atoms with van der Waals surface area (Å²) < 4.78 is 66.4. The Bertz CT molecular complexity index is 1520. The number of nitrogens with one attached hydrogen (secondary N) is 1. The average molecular weight is 645 g/mol. The monoisotopic (exact) mass is 643 g/mol. The van der Waals surface area contributed by atoms with Crippen LogP contribution in [0.2, 0.25) is 10.0 Å². The van der Waals surface area contributed by atoms with E-state index < -0.39 is 46.2 Å². The minimum absolute atomic E-state index is 0.0783. The van der Waals surface area contributed by atoms with E-state index in [1.165, 1.54) is 23.1 Å². The fourth-order valence-electron chi connectivity index (χ4n) is 4.22. The van der Waals surface area contributed by atoms with Gasteiger partial charge in [0.05, 0.1) is 27.6 Å². The maximum Gasteiger partial charge on any atom is 0.416 e. The van der Waals surface area contributed by atoms with E-state index in [4.69, 9.17) is 23.2 Å². The first-order chi connectivity index (χ1) is 19.6. The second-order valence-corrected chi connectivity index (χ2v) is 12.7. The van der Waals surface area contributed by atoms with E-state index in [0.717, 1.165) is 24.0 Å². The van der Waals surface area contributed by atoms with Crippen molar-refractivity contribution in [3.63, 3.8) is 0 Å². The predicted molar refractivity (Wildman–Crippen MR) is 158 cm³/mol. The SMILES string of the molecule is CC(C)NC(=O)C(Cc1ccccc1)N(Cc1ccc(Cl)c(Cl)c1)C(=O)CN(c1cccc(C(F)(F)F)c1)S(C)(=O)=O. The van der Waals surface area contributed by atoms with Gasteiger partial charge in [0, 0.05) is 19.0 Å². The Morgan fingerprint density at radius 3 is 2.14 bits per heavy atom. The highest BCUT2D eigenvalue weighted by atomic mass is 35.5. The molecule has 0 aromatic heterocycles. The van der Waals surface area contributed by atoms with Crippen molar-refractivity contribution in [1.82, 2.24) is 10.2 Å². The molecular weight excluding hydrogens is 614 g/mol. The molecule has 0 fully saturated rings. The lowest BCUT2D eigenvalue weighted by Crippen LogP contribution is -2.54. The molecule has 3 aromatic carbocycles. The Hall–Kier alpha value is -3.28. The molecular formula is C29H30Cl2F3N3O4S. The van der Waals surface area contributed by atoms with Gasteiger partial charge in [0.25, 0.3) is 0 Å². The number of rotatable bonds is 11. The summed E-state index contributed by atoms with van der Waals surface area (Å²) in [6.45, 7) is 2.48. The molecule has 3 aromatic rings. The Labute approximate surface area is 253 Å². The van der Waals surface area contributed by atoms with E-state index in [2.05, 4.69) is 5.32 Å². The number of hydrogen-bond donors (Lipinski definition) is 1. The number of nitrogens with zero attached hydrogens (tertiary/aromatic N) is 2. The first-order valence-electron chi connectivity index (χ1n) is 12.8. The molecule has 0 spiro atoms. The van der Waals surface area contributed by atoms with Crippen molar-refractivity contribution in [1.29, 1.82) is 0 Å². The number of anilines is 1. The first-order valence-corrected chi connectivity index (χ1v) is 15.4. The van der Waals surface area contributed by atoms with Crippen LogP contribution in [-0.4, -0.2) is 50.0 Å². The van der Waals surface area contributed by atoms with Crippen LogP contribution in [0.25, 0.3) is 0 Å². The van der Waals surface area contributed by atoms with Crippen LogP contribution < -0.4 is 9.62 Å². The Balaban J connectivity index is 2.10. The summed E-state index contributed by atoms with van der Waals surface area (Å²) in [5, 5.41) is 3.28. The number of hydrogen-bond acceptors (Lipinski definition) is 4. The van der Waals surface area contributed by atoms with E-state index in [1.54, 1.807) is 50.2 Å². The molecule has 0 heterocycles. The fraction of sp³-hybridized carbons (Fsp3) is 0.310. The largest absolute Gasteiger partial charge is 0.416 e. The highest BCUT2D eigenvalue weighted by molar-refractivity contribution is 7.92. The zero-order valence-electron chi connectivity index (χ0n) is 23.0. The summed E-state index contributed by atoms with van der Waals surface area (Å²) in [5.74, 6) is -1.31. The number of benzene rings is 3. The summed E-state index contributed by atoms with van der Waals surface area (Å²) in [7, 11) is -4.24. The summed E-state index contributed by atoms with van der Waals surface area (Å²) in [6, 6.07) is 15.8. The minimum atomic E-state index is -4.74. The zero-order chi connectivity index (χ0) is 31.2. The van der Waals surface area contributed by atoms with Crippen molar-refractivity contribution in [3.8, 4) is 0 Å². The van der Waals surface area contributed by atoms with Gasteiger partial charge in [-0.25, -0.2) is 8.42 Å². The molecule has 1 N–H and O–H groups in total. The highest BCUT2D eigenvalue weighted by Crippen LogP contribution is 2.32. The third-order valence-electron chi connectivity index (χ3n) is 6.18. The highest BCUT2D eigenvalue weighted by Gasteiger charge is 2.35. The molecule has 42 heavy (non-hydrogen) atoms. The summed E-state index contributed by atoms with van der Waals surface area (Å²) in [5.41, 5.74) is -0.197. The molecule has 3 rings (SSSR count). The van der Waals surface area contributed by atoms with Crippen LogP contribution in [0.4, 0.5) is 18.9 Å². The van der Waals surface area contributed by atoms with Crippen molar-refractivity contribution in [3.05, 3.63) is 99.5 Å². The zero-order valence-corrected chi connectivity index (χ0v) is 25.4. The predicted octanol–water partition coefficient (Wildman–Crippen LogP) is 5.94. The Morgan fingerprint density at radius 2 is 1.57 bits per heavy atom. The van der Waals surface area contributed by atoms with Crippen molar-refractivity contribution in [2.75, 3.05) is 17.1 Å². The molecule has 226 valence electrons. The molecule has 1 unspecified atom stereocenters. The maximum absolute atomic E-state index is 14.0. The van der Waals surface area contributed by atoms with Crippen LogP contribution in [0, 0.1) is 0 Å². The van der Waals surface area contributed by atoms with Gasteiger partial charge in [-0.15, -0.1) is 0 Å². The number of sulfonamides is 1. The second kappa shape index (κ2) is 13.8. The van der Waals surface area contributed by atoms with Crippen LogP contribution in [-0.2, 0) is 38.8 Å². The number of halogens is 5. The van der Waals surface area contributed by atoms with Gasteiger partial charge in [-0.3, -0.25) is 13.9 Å². The normalized spacial score (nSPS) is 12.6. The molecule has 1 atom stereocenters. The van der Waals surface area contributed by atoms with Gasteiger partial charge >= 0.3 is 6.18 Å². The molecule has 2 amide bonds. The van der Waals surface area contributed by atoms with E-state index in [-0.39, 0.29) is 34.7 Å². The van der Waals surface area contributed by atoms with E-state index in [0.29, 0.717) is 15.9 Å². The Morgan fingerprint density at radius 1 is 0.905 bits per heavy atom. The van der Waals surface area contributed by atoms with Gasteiger partial charge in [-0.1, -0.05) is 65.7 Å². The van der Waals surface area contributed by atoms with E-state index >= 15 is 0 Å². The molecule has 7 nitrogen and oxygen atoms in total. The average Bonchev–Trinajstić information content (AvgIpc) is 2.90. The van der Waals surface area contributed by atoms with Gasteiger partial charge < -0.3 is 10.2 Å². The van der Waals surface area contributed by atoms with Gasteiger partial charge in [-0.2, -0.15) is 13.2 Å². The molecule has 0 aliphatic heterocycles. The van der Waals surface area contributed by atoms with E-state index in [1.807, 2.05) is 0 Å². The number of alkyl halides is 3. The Kier molecular flexibility index (Phi) is 10.9. The number of carbonyl (C=O) groups is 2. The molecule has 0 aliphatic rings. The van der Waals surface area contributed by atoms with Crippen LogP contribution in [0.3, 0.4) is 0 Å². The van der Waals surface area contributed by atoms with Gasteiger partial charge in [0.15, 0.2) is 0 Å². The lowest BCUT2D eigenvalue weighted by molar-refractivity contribution is -0.140. The lowest BCUT2D eigenvalue weighted by atomic mass is 10.0. The lowest BCUT2D eigenvalue weighted by Gasteiger charge is -2.34. The van der Waals surface area contributed by atoms with E-state index in [9.17, 15) is 31.2 Å². The van der Waals surface area contributed by atoms with Crippen molar-refractivity contribution < 1.29 is 31.2 Å². The van der Waals surface area contributed by atoms with Crippen LogP contribution in [0.5, 0.6) is 0 Å². The smallest absolute Gasteiger partial charge is 0.352 e. The van der Waals surface area contributed by atoms with Crippen LogP contribution in [0.15, 0.2) is 72.8 Å². The summed E-state index contributed by atoms with van der Waals surface area (Å²) in [6.07, 6.45) is -3.87. The van der Waals surface area contributed by atoms with Crippen LogP contribution in [0.1, 0.15) is 30.5 Å². The summed E-state index contributed by atoms with van der Waals surface area (Å²) in [4.78, 5) is 28.7. The van der Waals surface area contributed by atoms with Gasteiger partial charge in [-0.05, 0) is 55.3 Å². The van der Waals surface area contributed by atoms with Crippen molar-refractivity contribution >= 4 is 50.7 Å². The standard InChI is InChI=1S/C29H30Cl2F3N3O4S/c1-19(2)35-28(39)26(15-20-8-5-4-6-9-20)36(17-21-12-13-24(30)25(31)14-21)27(38)18-37(42(3,40)41)23-11-7-10-22(16-23)29(32,33)34/h4-14,16,19,26H,15,17-18H2,1-3H3,(H,35,39). The van der Waals surface area contributed by atoms with Gasteiger partial charge in [0.2, 0.25) is 21.8 Å². The summed E-state index contributed by atoms with van der Waals surface area (Å²) >= 11 is 12.3. The number of carbonyl (C=O) groups excluding carboxylic acids is 2. The molecule has 13 heteroatoms. The van der Waals surface area contributed by atoms with Crippen LogP contribution >= 0.6 is 23.2 Å². The molecule has 0 radical (unpaired) electrons. The minimum Gasteiger partial charge on any atom is -0.352 e. The molecule has 0 saturated carbocycles. The molecule has 0 saturated heterocycles. The van der Waals surface area contributed by atoms with Crippen molar-refractivity contribution in [2.45, 2.75) is 45.1 Å². The van der Waals surface area contributed by atoms with Crippen molar-refractivity contribution in [2.24, 2.45) is 0 Å². The fourth-order valence-corrected chi connectivity index (χ4v) is 5.38. The quantitative estimate of drug-likeness (QED) is 0.280. The maximum atomic E-state index is 14.0. The van der Waals surface area contributed by atoms with Gasteiger partial charge in [0.1, 0.15) is 12.6 Å². The third-order valence-corrected chi connectivity index (χ3v) is 8.06. The molecule has 0 bridgehead atoms. The molecule has 0 aliphatic carbocycles. The second-order valence-electron chi connectivity index (χ2n) is 9.96. The third kappa shape index (κ3) is 9.11.